The van der Waals surface area contributed by atoms with Crippen LogP contribution >= 0.6 is 0 Å². The van der Waals surface area contributed by atoms with Crippen molar-refractivity contribution in [1.29, 1.82) is 0 Å². The number of benzene rings is 1. The van der Waals surface area contributed by atoms with E-state index in [1.807, 2.05) is 18.7 Å². The maximum absolute atomic E-state index is 13.8. The number of piperidine rings is 1. The van der Waals surface area contributed by atoms with Crippen molar-refractivity contribution >= 4 is 11.8 Å². The Morgan fingerprint density at radius 2 is 2.03 bits per heavy atom. The molecule has 2 amide bonds. The summed E-state index contributed by atoms with van der Waals surface area (Å²) in [5, 5.41) is 2.92. The minimum absolute atomic E-state index is 0.0158. The first-order valence-electron chi connectivity index (χ1n) is 10.2. The highest BCUT2D eigenvalue weighted by molar-refractivity contribution is 5.95. The number of likely N-dealkylation sites (tertiary alicyclic amines) is 1. The van der Waals surface area contributed by atoms with E-state index in [1.54, 1.807) is 36.5 Å². The van der Waals surface area contributed by atoms with E-state index in [4.69, 9.17) is 0 Å². The van der Waals surface area contributed by atoms with E-state index in [0.717, 1.165) is 18.5 Å². The van der Waals surface area contributed by atoms with E-state index in [2.05, 4.69) is 10.3 Å². The molecule has 1 fully saturated rings. The summed E-state index contributed by atoms with van der Waals surface area (Å²) in [5.74, 6) is -0.366. The van der Waals surface area contributed by atoms with E-state index >= 15 is 0 Å². The van der Waals surface area contributed by atoms with Crippen LogP contribution in [0.25, 0.3) is 0 Å². The molecular weight excluding hydrogens is 369 g/mol. The van der Waals surface area contributed by atoms with Crippen LogP contribution < -0.4 is 5.32 Å². The molecule has 0 bridgehead atoms. The average Bonchev–Trinajstić information content (AvgIpc) is 2.72. The Bertz CT molecular complexity index is 869. The van der Waals surface area contributed by atoms with Gasteiger partial charge in [-0.05, 0) is 56.9 Å². The molecular formula is C23H28FN3O2. The van der Waals surface area contributed by atoms with Crippen molar-refractivity contribution in [1.82, 2.24) is 15.2 Å². The molecule has 3 rings (SSSR count). The van der Waals surface area contributed by atoms with Crippen LogP contribution in [0.3, 0.4) is 0 Å². The fourth-order valence-corrected chi connectivity index (χ4v) is 3.80. The summed E-state index contributed by atoms with van der Waals surface area (Å²) in [6, 6.07) is 10.2. The van der Waals surface area contributed by atoms with Gasteiger partial charge in [0, 0.05) is 37.7 Å². The maximum Gasteiger partial charge on any atom is 0.253 e. The molecule has 154 valence electrons. The quantitative estimate of drug-likeness (QED) is 0.809. The van der Waals surface area contributed by atoms with E-state index in [0.29, 0.717) is 30.6 Å². The van der Waals surface area contributed by atoms with Crippen molar-refractivity contribution in [3.05, 3.63) is 65.2 Å². The van der Waals surface area contributed by atoms with Gasteiger partial charge in [0.15, 0.2) is 0 Å². The molecule has 0 radical (unpaired) electrons. The topological polar surface area (TPSA) is 62.3 Å². The number of aryl methyl sites for hydroxylation is 1. The Labute approximate surface area is 171 Å². The van der Waals surface area contributed by atoms with Crippen molar-refractivity contribution in [3.63, 3.8) is 0 Å². The molecule has 29 heavy (non-hydrogen) atoms. The van der Waals surface area contributed by atoms with Gasteiger partial charge >= 0.3 is 0 Å². The largest absolute Gasteiger partial charge is 0.350 e. The summed E-state index contributed by atoms with van der Waals surface area (Å²) < 4.78 is 13.8. The molecule has 1 unspecified atom stereocenters. The first-order chi connectivity index (χ1) is 14.0. The molecule has 2 heterocycles. The Hall–Kier alpha value is -2.76. The van der Waals surface area contributed by atoms with Gasteiger partial charge in [-0.3, -0.25) is 14.6 Å². The summed E-state index contributed by atoms with van der Waals surface area (Å²) in [7, 11) is 0. The lowest BCUT2D eigenvalue weighted by Gasteiger charge is -2.33. The highest BCUT2D eigenvalue weighted by Gasteiger charge is 2.28. The molecule has 1 aromatic heterocycles. The number of nitrogens with one attached hydrogen (secondary N) is 1. The Morgan fingerprint density at radius 3 is 2.79 bits per heavy atom. The Morgan fingerprint density at radius 1 is 1.24 bits per heavy atom. The van der Waals surface area contributed by atoms with Crippen LogP contribution in [0.2, 0.25) is 0 Å². The summed E-state index contributed by atoms with van der Waals surface area (Å²) in [5.41, 5.74) is 1.89. The zero-order valence-corrected chi connectivity index (χ0v) is 17.0. The van der Waals surface area contributed by atoms with Gasteiger partial charge in [-0.1, -0.05) is 18.2 Å². The van der Waals surface area contributed by atoms with Gasteiger partial charge in [0.05, 0.1) is 11.3 Å². The first kappa shape index (κ1) is 21.0. The number of aromatic nitrogens is 1. The van der Waals surface area contributed by atoms with Crippen LogP contribution in [0.5, 0.6) is 0 Å². The zero-order valence-electron chi connectivity index (χ0n) is 17.0. The number of hydrogen-bond donors (Lipinski definition) is 1. The fourth-order valence-electron chi connectivity index (χ4n) is 3.80. The molecule has 0 aliphatic carbocycles. The van der Waals surface area contributed by atoms with E-state index < -0.39 is 0 Å². The smallest absolute Gasteiger partial charge is 0.253 e. The van der Waals surface area contributed by atoms with Gasteiger partial charge in [-0.25, -0.2) is 4.39 Å². The molecule has 0 spiro atoms. The molecule has 1 saturated heterocycles. The standard InChI is InChI=1S/C23H28FN3O2/c1-16(2)26-23(29)19-9-5-13-25-22(19)18-8-6-14-27(15-18)21(28)12-11-17-7-3-4-10-20(17)24/h3-5,7,9-10,13,16,18H,6,8,11-12,14-15H2,1-2H3,(H,26,29). The zero-order chi connectivity index (χ0) is 20.8. The van der Waals surface area contributed by atoms with Crippen molar-refractivity contribution in [2.75, 3.05) is 13.1 Å². The van der Waals surface area contributed by atoms with E-state index in [-0.39, 0.29) is 36.0 Å². The number of amides is 2. The van der Waals surface area contributed by atoms with Crippen molar-refractivity contribution in [2.24, 2.45) is 0 Å². The molecule has 5 nitrogen and oxygen atoms in total. The maximum atomic E-state index is 13.8. The van der Waals surface area contributed by atoms with Gasteiger partial charge < -0.3 is 10.2 Å². The molecule has 1 atom stereocenters. The molecule has 0 saturated carbocycles. The highest BCUT2D eigenvalue weighted by Crippen LogP contribution is 2.28. The minimum atomic E-state index is -0.272. The lowest BCUT2D eigenvalue weighted by molar-refractivity contribution is -0.132. The second-order valence-electron chi connectivity index (χ2n) is 7.83. The van der Waals surface area contributed by atoms with Gasteiger partial charge in [-0.2, -0.15) is 0 Å². The van der Waals surface area contributed by atoms with Crippen LogP contribution in [-0.4, -0.2) is 40.8 Å². The van der Waals surface area contributed by atoms with Gasteiger partial charge in [-0.15, -0.1) is 0 Å². The Balaban J connectivity index is 1.67. The third kappa shape index (κ3) is 5.40. The van der Waals surface area contributed by atoms with Crippen LogP contribution in [0.4, 0.5) is 4.39 Å². The predicted molar refractivity (Wildman–Crippen MR) is 110 cm³/mol. The van der Waals surface area contributed by atoms with Gasteiger partial charge in [0.2, 0.25) is 5.91 Å². The third-order valence-corrected chi connectivity index (χ3v) is 5.23. The number of carbonyl (C=O) groups excluding carboxylic acids is 2. The third-order valence-electron chi connectivity index (χ3n) is 5.23. The second-order valence-corrected chi connectivity index (χ2v) is 7.83. The fraction of sp³-hybridized carbons (Fsp3) is 0.435. The second kappa shape index (κ2) is 9.63. The van der Waals surface area contributed by atoms with E-state index in [1.165, 1.54) is 6.07 Å². The predicted octanol–water partition coefficient (Wildman–Crippen LogP) is 3.70. The van der Waals surface area contributed by atoms with Crippen molar-refractivity contribution < 1.29 is 14.0 Å². The monoisotopic (exact) mass is 397 g/mol. The molecule has 1 aliphatic rings. The number of pyridine rings is 1. The number of rotatable bonds is 6. The first-order valence-corrected chi connectivity index (χ1v) is 10.2. The molecule has 1 aliphatic heterocycles. The SMILES string of the molecule is CC(C)NC(=O)c1cccnc1C1CCCN(C(=O)CCc2ccccc2F)C1. The number of carbonyl (C=O) groups is 2. The van der Waals surface area contributed by atoms with Crippen molar-refractivity contribution in [2.45, 2.75) is 51.5 Å². The van der Waals surface area contributed by atoms with Gasteiger partial charge in [0.1, 0.15) is 5.82 Å². The molecule has 1 N–H and O–H groups in total. The van der Waals surface area contributed by atoms with Crippen molar-refractivity contribution in [3.8, 4) is 0 Å². The summed E-state index contributed by atoms with van der Waals surface area (Å²) in [6.45, 7) is 5.07. The summed E-state index contributed by atoms with van der Waals surface area (Å²) >= 11 is 0. The summed E-state index contributed by atoms with van der Waals surface area (Å²) in [6.07, 6.45) is 4.10. The van der Waals surface area contributed by atoms with Crippen LogP contribution in [0.15, 0.2) is 42.6 Å². The highest BCUT2D eigenvalue weighted by atomic mass is 19.1. The number of halogens is 1. The van der Waals surface area contributed by atoms with Crippen LogP contribution in [0.1, 0.15) is 60.6 Å². The Kier molecular flexibility index (Phi) is 6.96. The summed E-state index contributed by atoms with van der Waals surface area (Å²) in [4.78, 5) is 31.6. The lowest BCUT2D eigenvalue weighted by Crippen LogP contribution is -2.40. The molecule has 2 aromatic rings. The van der Waals surface area contributed by atoms with Crippen LogP contribution in [0, 0.1) is 5.82 Å². The van der Waals surface area contributed by atoms with Crippen LogP contribution in [-0.2, 0) is 11.2 Å². The average molecular weight is 397 g/mol. The number of hydrogen-bond acceptors (Lipinski definition) is 3. The lowest BCUT2D eigenvalue weighted by atomic mass is 9.91. The minimum Gasteiger partial charge on any atom is -0.350 e. The normalized spacial score (nSPS) is 16.7. The molecule has 6 heteroatoms. The van der Waals surface area contributed by atoms with E-state index in [9.17, 15) is 14.0 Å². The number of nitrogens with zero attached hydrogens (tertiary/aromatic N) is 2. The van der Waals surface area contributed by atoms with Gasteiger partial charge in [0.25, 0.3) is 5.91 Å². The molecule has 1 aromatic carbocycles.